The summed E-state index contributed by atoms with van der Waals surface area (Å²) in [6.07, 6.45) is 13.5. The highest BCUT2D eigenvalue weighted by Gasteiger charge is 2.52. The Kier molecular flexibility index (Phi) is 6.31. The van der Waals surface area contributed by atoms with Crippen LogP contribution in [0.2, 0.25) is 0 Å². The van der Waals surface area contributed by atoms with Crippen molar-refractivity contribution in [3.63, 3.8) is 0 Å². The van der Waals surface area contributed by atoms with Gasteiger partial charge in [0.2, 0.25) is 0 Å². The van der Waals surface area contributed by atoms with Crippen LogP contribution in [0.15, 0.2) is 66.5 Å². The Morgan fingerprint density at radius 3 is 2.24 bits per heavy atom. The number of aromatic nitrogens is 2. The Morgan fingerprint density at radius 1 is 1.00 bits per heavy atom. The molecule has 0 aliphatic heterocycles. The second-order valence-electron chi connectivity index (χ2n) is 11.4. The predicted molar refractivity (Wildman–Crippen MR) is 144 cm³/mol. The summed E-state index contributed by atoms with van der Waals surface area (Å²) in [6, 6.07) is 16.8. The standard InChI is InChI=1S/C32H34N2O3/c1-2-26(31(35)36)13-25-18-33-30(34-19-25)27-8-9-29(37-20-21-6-4-3-5-7-21)28(14-27)32-15-22-10-23(16-32)12-24(11-22)17-32/h3-9,13-14,18-19,22-24H,2,10-12,15-17,20H2,1H3,(H,35,36). The first kappa shape index (κ1) is 23.9. The van der Waals surface area contributed by atoms with E-state index < -0.39 is 5.97 Å². The minimum absolute atomic E-state index is 0.178. The molecule has 1 aromatic heterocycles. The van der Waals surface area contributed by atoms with Gasteiger partial charge in [0.1, 0.15) is 12.4 Å². The maximum absolute atomic E-state index is 11.4. The predicted octanol–water partition coefficient (Wildman–Crippen LogP) is 7.07. The van der Waals surface area contributed by atoms with Crippen LogP contribution in [-0.2, 0) is 16.8 Å². The molecule has 0 spiro atoms. The van der Waals surface area contributed by atoms with Crippen molar-refractivity contribution in [2.75, 3.05) is 0 Å². The van der Waals surface area contributed by atoms with Gasteiger partial charge >= 0.3 is 5.97 Å². The zero-order chi connectivity index (χ0) is 25.4. The van der Waals surface area contributed by atoms with Crippen molar-refractivity contribution < 1.29 is 14.6 Å². The van der Waals surface area contributed by atoms with Crippen molar-refractivity contribution in [2.45, 2.75) is 63.9 Å². The van der Waals surface area contributed by atoms with Gasteiger partial charge in [0, 0.05) is 34.7 Å². The fourth-order valence-corrected chi connectivity index (χ4v) is 7.46. The topological polar surface area (TPSA) is 72.3 Å². The fraction of sp³-hybridized carbons (Fsp3) is 0.406. The molecule has 7 rings (SSSR count). The third-order valence-corrected chi connectivity index (χ3v) is 8.75. The van der Waals surface area contributed by atoms with Crippen molar-refractivity contribution in [2.24, 2.45) is 17.8 Å². The Balaban J connectivity index is 1.34. The average Bonchev–Trinajstić information content (AvgIpc) is 2.90. The minimum atomic E-state index is -0.905. The van der Waals surface area contributed by atoms with Crippen LogP contribution >= 0.6 is 0 Å². The number of hydrogen-bond donors (Lipinski definition) is 1. The second-order valence-corrected chi connectivity index (χ2v) is 11.4. The Bertz CT molecular complexity index is 1280. The number of benzene rings is 2. The van der Waals surface area contributed by atoms with Gasteiger partial charge in [-0.25, -0.2) is 14.8 Å². The number of nitrogens with zero attached hydrogens (tertiary/aromatic N) is 2. The summed E-state index contributed by atoms with van der Waals surface area (Å²) in [5.74, 6) is 3.25. The Hall–Kier alpha value is -3.47. The van der Waals surface area contributed by atoms with Crippen molar-refractivity contribution >= 4 is 12.0 Å². The van der Waals surface area contributed by atoms with Gasteiger partial charge in [-0.15, -0.1) is 0 Å². The lowest BCUT2D eigenvalue weighted by atomic mass is 9.48. The molecule has 4 aliphatic carbocycles. The van der Waals surface area contributed by atoms with Gasteiger partial charge in [-0.2, -0.15) is 0 Å². The summed E-state index contributed by atoms with van der Waals surface area (Å²) < 4.78 is 6.50. The van der Waals surface area contributed by atoms with E-state index in [-0.39, 0.29) is 5.41 Å². The van der Waals surface area contributed by atoms with E-state index in [2.05, 4.69) is 52.4 Å². The van der Waals surface area contributed by atoms with E-state index in [0.29, 0.717) is 30.0 Å². The third kappa shape index (κ3) is 4.79. The van der Waals surface area contributed by atoms with Gasteiger partial charge in [0.15, 0.2) is 5.82 Å². The van der Waals surface area contributed by atoms with E-state index in [1.54, 1.807) is 18.5 Å². The highest BCUT2D eigenvalue weighted by atomic mass is 16.5. The van der Waals surface area contributed by atoms with Gasteiger partial charge < -0.3 is 9.84 Å². The average molecular weight is 495 g/mol. The molecule has 4 saturated carbocycles. The third-order valence-electron chi connectivity index (χ3n) is 8.75. The molecule has 4 fully saturated rings. The molecule has 37 heavy (non-hydrogen) atoms. The zero-order valence-electron chi connectivity index (χ0n) is 21.4. The van der Waals surface area contributed by atoms with Crippen LogP contribution in [0, 0.1) is 17.8 Å². The van der Waals surface area contributed by atoms with E-state index in [4.69, 9.17) is 4.74 Å². The van der Waals surface area contributed by atoms with Gasteiger partial charge in [-0.05, 0) is 98.0 Å². The highest BCUT2D eigenvalue weighted by Crippen LogP contribution is 2.62. The summed E-state index contributed by atoms with van der Waals surface area (Å²) in [5.41, 5.74) is 4.71. The van der Waals surface area contributed by atoms with Crippen LogP contribution in [0.5, 0.6) is 5.75 Å². The quantitative estimate of drug-likeness (QED) is 0.339. The van der Waals surface area contributed by atoms with Crippen LogP contribution in [0.25, 0.3) is 17.5 Å². The molecular weight excluding hydrogens is 460 g/mol. The smallest absolute Gasteiger partial charge is 0.331 e. The number of hydrogen-bond acceptors (Lipinski definition) is 4. The number of aliphatic carboxylic acids is 1. The highest BCUT2D eigenvalue weighted by molar-refractivity contribution is 5.91. The number of ether oxygens (including phenoxy) is 1. The lowest BCUT2D eigenvalue weighted by Gasteiger charge is -2.57. The molecule has 0 radical (unpaired) electrons. The molecule has 1 heterocycles. The van der Waals surface area contributed by atoms with Gasteiger partial charge in [-0.3, -0.25) is 0 Å². The maximum atomic E-state index is 11.4. The number of carbonyl (C=O) groups is 1. The largest absolute Gasteiger partial charge is 0.489 e. The molecule has 5 nitrogen and oxygen atoms in total. The van der Waals surface area contributed by atoms with Crippen LogP contribution in [0.3, 0.4) is 0 Å². The summed E-state index contributed by atoms with van der Waals surface area (Å²) in [4.78, 5) is 20.6. The van der Waals surface area contributed by atoms with Gasteiger partial charge in [0.25, 0.3) is 0 Å². The van der Waals surface area contributed by atoms with E-state index in [1.807, 2.05) is 13.0 Å². The van der Waals surface area contributed by atoms with Gasteiger partial charge in [-0.1, -0.05) is 37.3 Å². The van der Waals surface area contributed by atoms with E-state index in [9.17, 15) is 9.90 Å². The molecular formula is C32H34N2O3. The van der Waals surface area contributed by atoms with E-state index in [0.717, 1.165) is 29.1 Å². The molecule has 2 aromatic carbocycles. The SMILES string of the molecule is CCC(=Cc1cnc(-c2ccc(OCc3ccccc3)c(C34CC5CC(CC(C5)C3)C4)c2)nc1)C(=O)O. The van der Waals surface area contributed by atoms with Crippen molar-refractivity contribution in [3.05, 3.63) is 83.2 Å². The molecule has 190 valence electrons. The molecule has 0 amide bonds. The molecule has 0 unspecified atom stereocenters. The molecule has 4 aliphatic rings. The zero-order valence-corrected chi connectivity index (χ0v) is 21.4. The van der Waals surface area contributed by atoms with Crippen molar-refractivity contribution in [3.8, 4) is 17.1 Å². The summed E-state index contributed by atoms with van der Waals surface area (Å²) in [5, 5.41) is 9.34. The fourth-order valence-electron chi connectivity index (χ4n) is 7.46. The first-order valence-electron chi connectivity index (χ1n) is 13.6. The molecule has 1 N–H and O–H groups in total. The Labute approximate surface area is 218 Å². The van der Waals surface area contributed by atoms with Crippen molar-refractivity contribution in [1.29, 1.82) is 0 Å². The first-order valence-corrected chi connectivity index (χ1v) is 13.6. The summed E-state index contributed by atoms with van der Waals surface area (Å²) in [7, 11) is 0. The lowest BCUT2D eigenvalue weighted by molar-refractivity contribution is -0.132. The summed E-state index contributed by atoms with van der Waals surface area (Å²) in [6.45, 7) is 2.39. The maximum Gasteiger partial charge on any atom is 0.331 e. The molecule has 0 saturated heterocycles. The number of carboxylic acids is 1. The normalized spacial score (nSPS) is 26.3. The van der Waals surface area contributed by atoms with Crippen LogP contribution in [0.4, 0.5) is 0 Å². The van der Waals surface area contributed by atoms with Crippen molar-refractivity contribution in [1.82, 2.24) is 9.97 Å². The minimum Gasteiger partial charge on any atom is -0.489 e. The van der Waals surface area contributed by atoms with Gasteiger partial charge in [0.05, 0.1) is 0 Å². The molecule has 0 atom stereocenters. The second kappa shape index (κ2) is 9.77. The Morgan fingerprint density at radius 2 is 1.65 bits per heavy atom. The van der Waals surface area contributed by atoms with Crippen LogP contribution in [0.1, 0.15) is 68.6 Å². The lowest BCUT2D eigenvalue weighted by Crippen LogP contribution is -2.48. The van der Waals surface area contributed by atoms with E-state index in [1.165, 1.54) is 49.7 Å². The molecule has 5 heteroatoms. The number of carboxylic acid groups (broad SMARTS) is 1. The van der Waals surface area contributed by atoms with Crippen LogP contribution < -0.4 is 4.74 Å². The first-order chi connectivity index (χ1) is 18.0. The van der Waals surface area contributed by atoms with E-state index >= 15 is 0 Å². The molecule has 4 bridgehead atoms. The van der Waals surface area contributed by atoms with Crippen LogP contribution in [-0.4, -0.2) is 21.0 Å². The summed E-state index contributed by atoms with van der Waals surface area (Å²) >= 11 is 0. The molecule has 3 aromatic rings. The number of rotatable bonds is 8. The monoisotopic (exact) mass is 494 g/mol.